The Morgan fingerprint density at radius 3 is 2.45 bits per heavy atom. The molecule has 2 heterocycles. The number of fused-ring (bicyclic) bond motifs is 1. The third-order valence-electron chi connectivity index (χ3n) is 3.59. The van der Waals surface area contributed by atoms with Gasteiger partial charge in [-0.3, -0.25) is 4.68 Å². The van der Waals surface area contributed by atoms with E-state index in [4.69, 9.17) is 5.10 Å². The minimum Gasteiger partial charge on any atom is -0.477 e. The van der Waals surface area contributed by atoms with Crippen molar-refractivity contribution in [1.82, 2.24) is 9.78 Å². The van der Waals surface area contributed by atoms with E-state index in [1.165, 1.54) is 11.3 Å². The maximum absolute atomic E-state index is 11.2. The highest BCUT2D eigenvalue weighted by Gasteiger charge is 2.27. The largest absolute Gasteiger partial charge is 0.477 e. The molecule has 0 aromatic carbocycles. The molecule has 0 aliphatic carbocycles. The molecular weight excluding hydrogens is 272 g/mol. The Morgan fingerprint density at radius 1 is 1.40 bits per heavy atom. The number of carboxylic acid groups (broad SMARTS) is 1. The molecule has 4 nitrogen and oxygen atoms in total. The standard InChI is InChI=1S/C15H22N2O2S/c1-6-9(7-2)17-13-10(8-11(20-13)14(18)19)12(16-17)15(3,4)5/h8-9H,6-7H2,1-5H3,(H,18,19). The lowest BCUT2D eigenvalue weighted by molar-refractivity contribution is 0.0702. The van der Waals surface area contributed by atoms with Crippen LogP contribution in [0.4, 0.5) is 0 Å². The second-order valence-corrected chi connectivity index (χ2v) is 7.18. The Morgan fingerprint density at radius 2 is 2.00 bits per heavy atom. The minimum absolute atomic E-state index is 0.0909. The quantitative estimate of drug-likeness (QED) is 0.906. The van der Waals surface area contributed by atoms with Gasteiger partial charge in [-0.15, -0.1) is 11.3 Å². The zero-order valence-electron chi connectivity index (χ0n) is 12.7. The van der Waals surface area contributed by atoms with Crippen molar-refractivity contribution in [3.63, 3.8) is 0 Å². The van der Waals surface area contributed by atoms with Gasteiger partial charge in [-0.25, -0.2) is 4.79 Å². The van der Waals surface area contributed by atoms with Crippen LogP contribution in [0.3, 0.4) is 0 Å². The zero-order chi connectivity index (χ0) is 15.1. The molecule has 0 radical (unpaired) electrons. The molecule has 0 amide bonds. The van der Waals surface area contributed by atoms with Crippen molar-refractivity contribution in [2.75, 3.05) is 0 Å². The number of thiophene rings is 1. The molecule has 0 saturated heterocycles. The predicted octanol–water partition coefficient (Wildman–Crippen LogP) is 4.45. The van der Waals surface area contributed by atoms with E-state index in [1.807, 2.05) is 4.68 Å². The second kappa shape index (κ2) is 5.20. The van der Waals surface area contributed by atoms with E-state index in [-0.39, 0.29) is 5.41 Å². The Labute approximate surface area is 123 Å². The van der Waals surface area contributed by atoms with E-state index in [2.05, 4.69) is 34.6 Å². The highest BCUT2D eigenvalue weighted by atomic mass is 32.1. The smallest absolute Gasteiger partial charge is 0.345 e. The van der Waals surface area contributed by atoms with Gasteiger partial charge in [-0.05, 0) is 18.9 Å². The van der Waals surface area contributed by atoms with Crippen LogP contribution in [0, 0.1) is 0 Å². The van der Waals surface area contributed by atoms with Gasteiger partial charge in [0.1, 0.15) is 9.71 Å². The first kappa shape index (κ1) is 15.0. The number of hydrogen-bond acceptors (Lipinski definition) is 3. The molecule has 0 spiro atoms. The highest BCUT2D eigenvalue weighted by molar-refractivity contribution is 7.20. The van der Waals surface area contributed by atoms with Crippen molar-refractivity contribution in [2.45, 2.75) is 58.9 Å². The zero-order valence-corrected chi connectivity index (χ0v) is 13.5. The van der Waals surface area contributed by atoms with Crippen LogP contribution in [0.5, 0.6) is 0 Å². The van der Waals surface area contributed by atoms with Gasteiger partial charge in [-0.2, -0.15) is 5.10 Å². The van der Waals surface area contributed by atoms with Gasteiger partial charge in [0.2, 0.25) is 0 Å². The predicted molar refractivity (Wildman–Crippen MR) is 82.9 cm³/mol. The summed E-state index contributed by atoms with van der Waals surface area (Å²) < 4.78 is 2.03. The Balaban J connectivity index is 2.72. The SMILES string of the molecule is CCC(CC)n1nc(C(C)(C)C)c2cc(C(=O)O)sc21. The molecule has 2 aromatic rings. The summed E-state index contributed by atoms with van der Waals surface area (Å²) in [6.45, 7) is 10.6. The molecule has 0 atom stereocenters. The van der Waals surface area contributed by atoms with Gasteiger partial charge in [-0.1, -0.05) is 34.6 Å². The molecule has 5 heteroatoms. The summed E-state index contributed by atoms with van der Waals surface area (Å²) in [5.74, 6) is -0.859. The summed E-state index contributed by atoms with van der Waals surface area (Å²) in [6.07, 6.45) is 1.99. The lowest BCUT2D eigenvalue weighted by atomic mass is 9.91. The number of aromatic carboxylic acids is 1. The van der Waals surface area contributed by atoms with Crippen LogP contribution in [0.25, 0.3) is 10.2 Å². The molecule has 0 unspecified atom stereocenters. The third kappa shape index (κ3) is 2.46. The molecule has 0 aliphatic rings. The van der Waals surface area contributed by atoms with E-state index < -0.39 is 5.97 Å². The average molecular weight is 294 g/mol. The van der Waals surface area contributed by atoms with Crippen molar-refractivity contribution in [3.05, 3.63) is 16.6 Å². The van der Waals surface area contributed by atoms with Gasteiger partial charge in [0.25, 0.3) is 0 Å². The maximum atomic E-state index is 11.2. The molecule has 0 bridgehead atoms. The lowest BCUT2D eigenvalue weighted by Gasteiger charge is -2.17. The number of carbonyl (C=O) groups is 1. The number of hydrogen-bond donors (Lipinski definition) is 1. The number of rotatable bonds is 4. The van der Waals surface area contributed by atoms with Gasteiger partial charge in [0, 0.05) is 10.8 Å². The highest BCUT2D eigenvalue weighted by Crippen LogP contribution is 2.37. The number of nitrogens with zero attached hydrogens (tertiary/aromatic N) is 2. The Bertz CT molecular complexity index is 630. The molecular formula is C15H22N2O2S. The summed E-state index contributed by atoms with van der Waals surface area (Å²) in [5, 5.41) is 15.0. The molecule has 1 N–H and O–H groups in total. The van der Waals surface area contributed by atoms with Crippen LogP contribution >= 0.6 is 11.3 Å². The van der Waals surface area contributed by atoms with E-state index in [0.717, 1.165) is 28.8 Å². The first-order chi connectivity index (χ1) is 9.29. The summed E-state index contributed by atoms with van der Waals surface area (Å²) in [4.78, 5) is 12.6. The summed E-state index contributed by atoms with van der Waals surface area (Å²) in [7, 11) is 0. The van der Waals surface area contributed by atoms with Gasteiger partial charge >= 0.3 is 5.97 Å². The molecule has 0 fully saturated rings. The molecule has 2 rings (SSSR count). The Kier molecular flexibility index (Phi) is 3.91. The van der Waals surface area contributed by atoms with Crippen LogP contribution in [-0.4, -0.2) is 20.9 Å². The van der Waals surface area contributed by atoms with Crippen molar-refractivity contribution < 1.29 is 9.90 Å². The molecule has 2 aromatic heterocycles. The molecule has 110 valence electrons. The van der Waals surface area contributed by atoms with Gasteiger partial charge in [0.15, 0.2) is 0 Å². The van der Waals surface area contributed by atoms with Crippen molar-refractivity contribution in [1.29, 1.82) is 0 Å². The van der Waals surface area contributed by atoms with Crippen LogP contribution in [-0.2, 0) is 5.41 Å². The number of aromatic nitrogens is 2. The first-order valence-electron chi connectivity index (χ1n) is 7.05. The average Bonchev–Trinajstić information content (AvgIpc) is 2.89. The third-order valence-corrected chi connectivity index (χ3v) is 4.71. The van der Waals surface area contributed by atoms with Crippen molar-refractivity contribution >= 4 is 27.5 Å². The van der Waals surface area contributed by atoms with E-state index in [9.17, 15) is 9.90 Å². The fourth-order valence-corrected chi connectivity index (χ4v) is 3.49. The van der Waals surface area contributed by atoms with Crippen LogP contribution in [0.1, 0.15) is 68.9 Å². The summed E-state index contributed by atoms with van der Waals surface area (Å²) in [5.41, 5.74) is 0.898. The van der Waals surface area contributed by atoms with Gasteiger partial charge < -0.3 is 5.11 Å². The molecule has 0 aliphatic heterocycles. The molecule has 20 heavy (non-hydrogen) atoms. The van der Waals surface area contributed by atoms with E-state index in [1.54, 1.807) is 6.07 Å². The summed E-state index contributed by atoms with van der Waals surface area (Å²) in [6, 6.07) is 2.10. The van der Waals surface area contributed by atoms with Crippen LogP contribution in [0.15, 0.2) is 6.07 Å². The number of carboxylic acids is 1. The normalized spacial score (nSPS) is 12.5. The molecule has 0 saturated carbocycles. The monoisotopic (exact) mass is 294 g/mol. The fraction of sp³-hybridized carbons (Fsp3) is 0.600. The first-order valence-corrected chi connectivity index (χ1v) is 7.87. The van der Waals surface area contributed by atoms with Crippen LogP contribution < -0.4 is 0 Å². The minimum atomic E-state index is -0.859. The second-order valence-electron chi connectivity index (χ2n) is 6.15. The topological polar surface area (TPSA) is 55.1 Å². The fourth-order valence-electron chi connectivity index (χ4n) is 2.47. The van der Waals surface area contributed by atoms with Crippen molar-refractivity contribution in [3.8, 4) is 0 Å². The lowest BCUT2D eigenvalue weighted by Crippen LogP contribution is -2.15. The Hall–Kier alpha value is -1.36. The van der Waals surface area contributed by atoms with E-state index in [0.29, 0.717) is 10.9 Å². The van der Waals surface area contributed by atoms with Crippen LogP contribution in [0.2, 0.25) is 0 Å². The van der Waals surface area contributed by atoms with Gasteiger partial charge in [0.05, 0.1) is 11.7 Å². The van der Waals surface area contributed by atoms with E-state index >= 15 is 0 Å². The maximum Gasteiger partial charge on any atom is 0.345 e. The van der Waals surface area contributed by atoms with Crippen molar-refractivity contribution in [2.24, 2.45) is 0 Å². The summed E-state index contributed by atoms with van der Waals surface area (Å²) >= 11 is 1.33.